The van der Waals surface area contributed by atoms with Gasteiger partial charge in [0.15, 0.2) is 0 Å². The van der Waals surface area contributed by atoms with Crippen LogP contribution >= 0.6 is 0 Å². The molecule has 0 bridgehead atoms. The summed E-state index contributed by atoms with van der Waals surface area (Å²) in [4.78, 5) is 14.2. The van der Waals surface area contributed by atoms with E-state index in [1.54, 1.807) is 6.92 Å². The summed E-state index contributed by atoms with van der Waals surface area (Å²) in [5.74, 6) is 1.28. The summed E-state index contributed by atoms with van der Waals surface area (Å²) in [5.41, 5.74) is 0. The summed E-state index contributed by atoms with van der Waals surface area (Å²) in [6, 6.07) is 0. The number of ether oxygens (including phenoxy) is 1. The van der Waals surface area contributed by atoms with Crippen molar-refractivity contribution in [2.75, 3.05) is 26.2 Å². The Morgan fingerprint density at radius 2 is 2.21 bits per heavy atom. The highest BCUT2D eigenvalue weighted by Gasteiger charge is 2.25. The Labute approximate surface area is 113 Å². The summed E-state index contributed by atoms with van der Waals surface area (Å²) >= 11 is 0. The van der Waals surface area contributed by atoms with Crippen molar-refractivity contribution in [3.05, 3.63) is 11.6 Å². The Morgan fingerprint density at radius 3 is 2.84 bits per heavy atom. The van der Waals surface area contributed by atoms with E-state index in [1.165, 1.54) is 0 Å². The van der Waals surface area contributed by atoms with Crippen LogP contribution in [0.1, 0.15) is 36.7 Å². The van der Waals surface area contributed by atoms with Crippen molar-refractivity contribution in [3.63, 3.8) is 0 Å². The van der Waals surface area contributed by atoms with Crippen molar-refractivity contribution < 1.29 is 9.53 Å². The standard InChI is InChI=1S/C13H22N4O2/c1-4-16-7-6-11(8-16)9-17-10(3)14-15-12(17)13(18)19-5-2/h11H,4-9H2,1-3H3. The highest BCUT2D eigenvalue weighted by atomic mass is 16.5. The highest BCUT2D eigenvalue weighted by molar-refractivity contribution is 5.85. The maximum absolute atomic E-state index is 11.8. The van der Waals surface area contributed by atoms with Gasteiger partial charge < -0.3 is 14.2 Å². The number of nitrogens with zero attached hydrogens (tertiary/aromatic N) is 4. The monoisotopic (exact) mass is 266 g/mol. The molecule has 1 aliphatic rings. The molecular weight excluding hydrogens is 244 g/mol. The topological polar surface area (TPSA) is 60.2 Å². The van der Waals surface area contributed by atoms with Gasteiger partial charge in [-0.3, -0.25) is 0 Å². The van der Waals surface area contributed by atoms with E-state index in [0.717, 1.165) is 38.4 Å². The van der Waals surface area contributed by atoms with Crippen molar-refractivity contribution in [2.45, 2.75) is 33.7 Å². The molecule has 1 saturated heterocycles. The fourth-order valence-corrected chi connectivity index (χ4v) is 2.55. The van der Waals surface area contributed by atoms with Gasteiger partial charge in [0.25, 0.3) is 0 Å². The first-order valence-corrected chi connectivity index (χ1v) is 6.95. The third-order valence-corrected chi connectivity index (χ3v) is 3.65. The van der Waals surface area contributed by atoms with Gasteiger partial charge in [-0.15, -0.1) is 10.2 Å². The van der Waals surface area contributed by atoms with Crippen molar-refractivity contribution in [2.24, 2.45) is 5.92 Å². The maximum atomic E-state index is 11.8. The van der Waals surface area contributed by atoms with Crippen LogP contribution in [0.4, 0.5) is 0 Å². The smallest absolute Gasteiger partial charge is 0.376 e. The summed E-state index contributed by atoms with van der Waals surface area (Å²) in [6.45, 7) is 10.3. The zero-order valence-corrected chi connectivity index (χ0v) is 11.9. The lowest BCUT2D eigenvalue weighted by molar-refractivity contribution is 0.0504. The average molecular weight is 266 g/mol. The van der Waals surface area contributed by atoms with E-state index >= 15 is 0 Å². The van der Waals surface area contributed by atoms with E-state index < -0.39 is 0 Å². The second-order valence-corrected chi connectivity index (χ2v) is 4.95. The van der Waals surface area contributed by atoms with Gasteiger partial charge in [0, 0.05) is 13.1 Å². The molecule has 0 aromatic carbocycles. The van der Waals surface area contributed by atoms with Gasteiger partial charge in [-0.05, 0) is 39.3 Å². The minimum absolute atomic E-state index is 0.328. The number of aromatic nitrogens is 3. The summed E-state index contributed by atoms with van der Waals surface area (Å²) < 4.78 is 6.91. The SMILES string of the molecule is CCOC(=O)c1nnc(C)n1CC1CCN(CC)C1. The molecule has 1 aliphatic heterocycles. The van der Waals surface area contributed by atoms with Crippen LogP contribution in [0.5, 0.6) is 0 Å². The largest absolute Gasteiger partial charge is 0.460 e. The molecule has 0 saturated carbocycles. The molecule has 0 spiro atoms. The van der Waals surface area contributed by atoms with Crippen LogP contribution in [-0.4, -0.2) is 51.9 Å². The first kappa shape index (κ1) is 14.0. The number of hydrogen-bond donors (Lipinski definition) is 0. The fourth-order valence-electron chi connectivity index (χ4n) is 2.55. The van der Waals surface area contributed by atoms with Gasteiger partial charge in [0.1, 0.15) is 5.82 Å². The molecule has 0 N–H and O–H groups in total. The van der Waals surface area contributed by atoms with E-state index in [1.807, 2.05) is 11.5 Å². The van der Waals surface area contributed by atoms with Gasteiger partial charge in [0.05, 0.1) is 6.61 Å². The molecule has 1 aromatic rings. The molecular formula is C13H22N4O2. The first-order valence-electron chi connectivity index (χ1n) is 6.95. The van der Waals surface area contributed by atoms with Gasteiger partial charge >= 0.3 is 5.97 Å². The normalized spacial score (nSPS) is 19.8. The molecule has 1 fully saturated rings. The molecule has 2 rings (SSSR count). The van der Waals surface area contributed by atoms with Crippen LogP contribution in [0, 0.1) is 12.8 Å². The Hall–Kier alpha value is -1.43. The quantitative estimate of drug-likeness (QED) is 0.747. The number of hydrogen-bond acceptors (Lipinski definition) is 5. The molecule has 19 heavy (non-hydrogen) atoms. The lowest BCUT2D eigenvalue weighted by Crippen LogP contribution is -2.23. The van der Waals surface area contributed by atoms with Gasteiger partial charge in [-0.25, -0.2) is 4.79 Å². The van der Waals surface area contributed by atoms with E-state index in [9.17, 15) is 4.79 Å². The van der Waals surface area contributed by atoms with Gasteiger partial charge in [0.2, 0.25) is 5.82 Å². The lowest BCUT2D eigenvalue weighted by Gasteiger charge is -2.15. The van der Waals surface area contributed by atoms with Gasteiger partial charge in [-0.2, -0.15) is 0 Å². The second-order valence-electron chi connectivity index (χ2n) is 4.95. The average Bonchev–Trinajstić information content (AvgIpc) is 2.98. The maximum Gasteiger partial charge on any atom is 0.376 e. The fraction of sp³-hybridized carbons (Fsp3) is 0.769. The lowest BCUT2D eigenvalue weighted by atomic mass is 10.1. The Morgan fingerprint density at radius 1 is 1.42 bits per heavy atom. The van der Waals surface area contributed by atoms with E-state index in [-0.39, 0.29) is 5.97 Å². The van der Waals surface area contributed by atoms with Crippen LogP contribution < -0.4 is 0 Å². The predicted octanol–water partition coefficient (Wildman–Crippen LogP) is 1.11. The molecule has 0 radical (unpaired) electrons. The number of aryl methyl sites for hydroxylation is 1. The van der Waals surface area contributed by atoms with Crippen molar-refractivity contribution in [1.82, 2.24) is 19.7 Å². The van der Waals surface area contributed by atoms with Crippen LogP contribution in [0.2, 0.25) is 0 Å². The molecule has 1 atom stereocenters. The molecule has 2 heterocycles. The Balaban J connectivity index is 2.07. The minimum atomic E-state index is -0.381. The molecule has 1 aromatic heterocycles. The molecule has 1 unspecified atom stereocenters. The summed E-state index contributed by atoms with van der Waals surface area (Å²) in [5, 5.41) is 7.94. The first-order chi connectivity index (χ1) is 9.15. The number of likely N-dealkylation sites (tertiary alicyclic amines) is 1. The summed E-state index contributed by atoms with van der Waals surface area (Å²) in [7, 11) is 0. The zero-order valence-electron chi connectivity index (χ0n) is 11.9. The third kappa shape index (κ3) is 3.12. The van der Waals surface area contributed by atoms with E-state index in [4.69, 9.17) is 4.74 Å². The second kappa shape index (κ2) is 6.14. The number of carbonyl (C=O) groups excluding carboxylic acids is 1. The van der Waals surface area contributed by atoms with Gasteiger partial charge in [-0.1, -0.05) is 6.92 Å². The summed E-state index contributed by atoms with van der Waals surface area (Å²) in [6.07, 6.45) is 1.16. The molecule has 6 nitrogen and oxygen atoms in total. The van der Waals surface area contributed by atoms with Crippen molar-refractivity contribution in [1.29, 1.82) is 0 Å². The van der Waals surface area contributed by atoms with Crippen molar-refractivity contribution in [3.8, 4) is 0 Å². The Kier molecular flexibility index (Phi) is 4.52. The number of carbonyl (C=O) groups is 1. The highest BCUT2D eigenvalue weighted by Crippen LogP contribution is 2.19. The molecule has 106 valence electrons. The number of rotatable bonds is 5. The third-order valence-electron chi connectivity index (χ3n) is 3.65. The predicted molar refractivity (Wildman–Crippen MR) is 70.9 cm³/mol. The molecule has 6 heteroatoms. The zero-order chi connectivity index (χ0) is 13.8. The van der Waals surface area contributed by atoms with Crippen LogP contribution in [0.3, 0.4) is 0 Å². The van der Waals surface area contributed by atoms with Crippen molar-refractivity contribution >= 4 is 5.97 Å². The molecule has 0 aliphatic carbocycles. The Bertz CT molecular complexity index is 444. The van der Waals surface area contributed by atoms with Crippen LogP contribution in [-0.2, 0) is 11.3 Å². The minimum Gasteiger partial charge on any atom is -0.460 e. The van der Waals surface area contributed by atoms with E-state index in [2.05, 4.69) is 22.0 Å². The molecule has 0 amide bonds. The number of esters is 1. The van der Waals surface area contributed by atoms with Crippen LogP contribution in [0.25, 0.3) is 0 Å². The van der Waals surface area contributed by atoms with E-state index in [0.29, 0.717) is 18.3 Å². The van der Waals surface area contributed by atoms with Crippen LogP contribution in [0.15, 0.2) is 0 Å².